The third-order valence-corrected chi connectivity index (χ3v) is 2.72. The topological polar surface area (TPSA) is 72.3 Å². The van der Waals surface area contributed by atoms with E-state index in [1.165, 1.54) is 12.1 Å². The van der Waals surface area contributed by atoms with Gasteiger partial charge in [0.25, 0.3) is 0 Å². The molecule has 0 aliphatic carbocycles. The van der Waals surface area contributed by atoms with Crippen LogP contribution in [-0.2, 0) is 0 Å². The Morgan fingerprint density at radius 2 is 1.95 bits per heavy atom. The predicted molar refractivity (Wildman–Crippen MR) is 70.3 cm³/mol. The number of nitrogens with zero attached hydrogens (tertiary/aromatic N) is 2. The van der Waals surface area contributed by atoms with E-state index in [2.05, 4.69) is 10.2 Å². The van der Waals surface area contributed by atoms with Gasteiger partial charge < -0.3 is 9.84 Å². The van der Waals surface area contributed by atoms with Crippen LogP contribution in [0.5, 0.6) is 11.5 Å². The van der Waals surface area contributed by atoms with E-state index >= 15 is 0 Å². The van der Waals surface area contributed by atoms with Crippen molar-refractivity contribution in [2.75, 3.05) is 0 Å². The molecule has 0 fully saturated rings. The Bertz CT molecular complexity index is 647. The quantitative estimate of drug-likeness (QED) is 0.937. The molecular weight excluding hydrogens is 291 g/mol. The van der Waals surface area contributed by atoms with E-state index in [9.17, 15) is 4.79 Å². The number of hydrogen-bond donors (Lipinski definition) is 1. The van der Waals surface area contributed by atoms with E-state index in [1.807, 2.05) is 6.92 Å². The Balaban J connectivity index is 2.45. The van der Waals surface area contributed by atoms with Crippen LogP contribution in [0.2, 0.25) is 10.3 Å². The molecule has 1 heterocycles. The molecule has 0 radical (unpaired) electrons. The second-order valence-corrected chi connectivity index (χ2v) is 4.47. The first-order valence-corrected chi connectivity index (χ1v) is 5.93. The second-order valence-electron chi connectivity index (χ2n) is 3.73. The van der Waals surface area contributed by atoms with Gasteiger partial charge in [-0.1, -0.05) is 29.3 Å². The Morgan fingerprint density at radius 3 is 2.63 bits per heavy atom. The minimum atomic E-state index is -1.10. The smallest absolute Gasteiger partial charge is 0.339 e. The summed E-state index contributed by atoms with van der Waals surface area (Å²) in [7, 11) is 0. The summed E-state index contributed by atoms with van der Waals surface area (Å²) < 4.78 is 5.46. The Morgan fingerprint density at radius 1 is 1.21 bits per heavy atom. The molecule has 0 spiro atoms. The van der Waals surface area contributed by atoms with Gasteiger partial charge in [-0.25, -0.2) is 4.79 Å². The maximum absolute atomic E-state index is 11.1. The van der Waals surface area contributed by atoms with Crippen molar-refractivity contribution in [2.45, 2.75) is 6.92 Å². The summed E-state index contributed by atoms with van der Waals surface area (Å²) in [4.78, 5) is 11.1. The number of aryl methyl sites for hydroxylation is 1. The second kappa shape index (κ2) is 5.42. The highest BCUT2D eigenvalue weighted by Gasteiger charge is 2.14. The molecule has 0 atom stereocenters. The van der Waals surface area contributed by atoms with Crippen molar-refractivity contribution in [2.24, 2.45) is 0 Å². The van der Waals surface area contributed by atoms with E-state index in [1.54, 1.807) is 12.1 Å². The molecule has 19 heavy (non-hydrogen) atoms. The van der Waals surface area contributed by atoms with E-state index in [0.717, 1.165) is 5.56 Å². The van der Waals surface area contributed by atoms with Crippen LogP contribution in [0, 0.1) is 6.92 Å². The van der Waals surface area contributed by atoms with Crippen molar-refractivity contribution >= 4 is 29.2 Å². The van der Waals surface area contributed by atoms with Gasteiger partial charge in [0.05, 0.1) is 0 Å². The summed E-state index contributed by atoms with van der Waals surface area (Å²) in [5.41, 5.74) is 0.874. The summed E-state index contributed by atoms with van der Waals surface area (Å²) >= 11 is 11.5. The summed E-state index contributed by atoms with van der Waals surface area (Å²) in [5.74, 6) is -0.785. The minimum absolute atomic E-state index is 0.00208. The molecule has 0 saturated heterocycles. The van der Waals surface area contributed by atoms with Crippen molar-refractivity contribution in [3.05, 3.63) is 45.7 Å². The molecule has 5 nitrogen and oxygen atoms in total. The van der Waals surface area contributed by atoms with Crippen LogP contribution in [0.3, 0.4) is 0 Å². The summed E-state index contributed by atoms with van der Waals surface area (Å²) in [6.07, 6.45) is 0. The highest BCUT2D eigenvalue weighted by atomic mass is 35.5. The van der Waals surface area contributed by atoms with Gasteiger partial charge in [0, 0.05) is 6.07 Å². The van der Waals surface area contributed by atoms with Crippen LogP contribution in [0.1, 0.15) is 15.9 Å². The van der Waals surface area contributed by atoms with E-state index < -0.39 is 5.97 Å². The first-order chi connectivity index (χ1) is 8.97. The number of aromatic nitrogens is 2. The maximum Gasteiger partial charge on any atom is 0.339 e. The molecule has 7 heteroatoms. The molecule has 0 unspecified atom stereocenters. The summed E-state index contributed by atoms with van der Waals surface area (Å²) in [6.45, 7) is 1.82. The number of aromatic carboxylic acids is 1. The van der Waals surface area contributed by atoms with Crippen molar-refractivity contribution in [1.29, 1.82) is 0 Å². The number of benzene rings is 1. The third kappa shape index (κ3) is 3.13. The van der Waals surface area contributed by atoms with E-state index in [0.29, 0.717) is 0 Å². The molecule has 0 bridgehead atoms. The maximum atomic E-state index is 11.1. The highest BCUT2D eigenvalue weighted by Crippen LogP contribution is 2.31. The van der Waals surface area contributed by atoms with Gasteiger partial charge in [-0.05, 0) is 24.6 Å². The fourth-order valence-electron chi connectivity index (χ4n) is 1.42. The summed E-state index contributed by atoms with van der Waals surface area (Å²) in [6, 6.07) is 6.09. The van der Waals surface area contributed by atoms with Crippen LogP contribution in [0.25, 0.3) is 0 Å². The molecule has 0 saturated carbocycles. The van der Waals surface area contributed by atoms with Gasteiger partial charge in [0.2, 0.25) is 0 Å². The van der Waals surface area contributed by atoms with Crippen LogP contribution in [0.4, 0.5) is 0 Å². The lowest BCUT2D eigenvalue weighted by molar-refractivity contribution is 0.0694. The number of ether oxygens (including phenoxy) is 1. The van der Waals surface area contributed by atoms with Gasteiger partial charge in [-0.15, -0.1) is 10.2 Å². The largest absolute Gasteiger partial charge is 0.478 e. The molecular formula is C12H8Cl2N2O3. The number of hydrogen-bond acceptors (Lipinski definition) is 4. The molecule has 1 aromatic carbocycles. The first kappa shape index (κ1) is 13.6. The van der Waals surface area contributed by atoms with Gasteiger partial charge in [0.1, 0.15) is 11.3 Å². The van der Waals surface area contributed by atoms with Gasteiger partial charge in [0.15, 0.2) is 16.1 Å². The van der Waals surface area contributed by atoms with Gasteiger partial charge in [-0.3, -0.25) is 0 Å². The molecule has 98 valence electrons. The minimum Gasteiger partial charge on any atom is -0.478 e. The van der Waals surface area contributed by atoms with E-state index in [-0.39, 0.29) is 27.4 Å². The number of carbonyl (C=O) groups is 1. The molecule has 0 aliphatic heterocycles. The Hall–Kier alpha value is -1.85. The summed E-state index contributed by atoms with van der Waals surface area (Å²) in [5, 5.41) is 16.3. The zero-order chi connectivity index (χ0) is 14.0. The predicted octanol–water partition coefficient (Wildman–Crippen LogP) is 3.58. The fourth-order valence-corrected chi connectivity index (χ4v) is 1.69. The number of halogens is 2. The van der Waals surface area contributed by atoms with Gasteiger partial charge >= 0.3 is 5.97 Å². The number of carboxylic acid groups (broad SMARTS) is 1. The van der Waals surface area contributed by atoms with Crippen molar-refractivity contribution < 1.29 is 14.6 Å². The molecule has 1 aromatic heterocycles. The van der Waals surface area contributed by atoms with Crippen molar-refractivity contribution in [3.8, 4) is 11.5 Å². The van der Waals surface area contributed by atoms with Crippen LogP contribution < -0.4 is 4.74 Å². The zero-order valence-corrected chi connectivity index (χ0v) is 11.2. The number of rotatable bonds is 3. The molecule has 2 aromatic rings. The Labute approximate surface area is 118 Å². The lowest BCUT2D eigenvalue weighted by Crippen LogP contribution is -2.01. The molecule has 0 amide bonds. The molecule has 2 rings (SSSR count). The number of carboxylic acids is 1. The van der Waals surface area contributed by atoms with Crippen LogP contribution in [-0.4, -0.2) is 21.3 Å². The average Bonchev–Trinajstić information content (AvgIpc) is 2.33. The normalized spacial score (nSPS) is 10.3. The van der Waals surface area contributed by atoms with Crippen molar-refractivity contribution in [3.63, 3.8) is 0 Å². The lowest BCUT2D eigenvalue weighted by Gasteiger charge is -2.10. The fraction of sp³-hybridized carbons (Fsp3) is 0.0833. The Kier molecular flexibility index (Phi) is 3.87. The monoisotopic (exact) mass is 298 g/mol. The third-order valence-electron chi connectivity index (χ3n) is 2.27. The first-order valence-electron chi connectivity index (χ1n) is 5.18. The standard InChI is InChI=1S/C12H8Cl2N2O3/c1-6-2-3-7(12(17)18)8(4-6)19-9-5-10(13)15-16-11(9)14/h2-5H,1H3,(H,17,18). The highest BCUT2D eigenvalue weighted by molar-refractivity contribution is 6.32. The van der Waals surface area contributed by atoms with E-state index in [4.69, 9.17) is 33.0 Å². The van der Waals surface area contributed by atoms with Crippen LogP contribution >= 0.6 is 23.2 Å². The van der Waals surface area contributed by atoms with Crippen LogP contribution in [0.15, 0.2) is 24.3 Å². The SMILES string of the molecule is Cc1ccc(C(=O)O)c(Oc2cc(Cl)nnc2Cl)c1. The average molecular weight is 299 g/mol. The molecule has 0 aliphatic rings. The lowest BCUT2D eigenvalue weighted by atomic mass is 10.1. The van der Waals surface area contributed by atoms with Gasteiger partial charge in [-0.2, -0.15) is 0 Å². The molecule has 1 N–H and O–H groups in total. The van der Waals surface area contributed by atoms with Crippen molar-refractivity contribution in [1.82, 2.24) is 10.2 Å². The zero-order valence-electron chi connectivity index (χ0n) is 9.72.